The van der Waals surface area contributed by atoms with Gasteiger partial charge in [0.05, 0.1) is 12.1 Å². The smallest absolute Gasteiger partial charge is 0.315 e. The molecule has 0 aromatic carbocycles. The fourth-order valence-corrected chi connectivity index (χ4v) is 3.04. The predicted molar refractivity (Wildman–Crippen MR) is 77.7 cm³/mol. The van der Waals surface area contributed by atoms with Crippen LogP contribution >= 0.6 is 0 Å². The van der Waals surface area contributed by atoms with Crippen LogP contribution in [0.2, 0.25) is 0 Å². The third-order valence-electron chi connectivity index (χ3n) is 4.74. The molecule has 0 aliphatic heterocycles. The van der Waals surface area contributed by atoms with Gasteiger partial charge in [-0.2, -0.15) is 0 Å². The minimum atomic E-state index is -0.0531. The van der Waals surface area contributed by atoms with Gasteiger partial charge in [0.1, 0.15) is 0 Å². The Labute approximate surface area is 121 Å². The van der Waals surface area contributed by atoms with E-state index in [-0.39, 0.29) is 18.2 Å². The lowest BCUT2D eigenvalue weighted by molar-refractivity contribution is 0.0451. The molecule has 5 heteroatoms. The molecular formula is C15H28N2O3. The highest BCUT2D eigenvalue weighted by Crippen LogP contribution is 2.48. The van der Waals surface area contributed by atoms with Gasteiger partial charge in [-0.1, -0.05) is 12.8 Å². The van der Waals surface area contributed by atoms with Crippen molar-refractivity contribution < 1.29 is 14.3 Å². The number of hydrogen-bond acceptors (Lipinski definition) is 3. The maximum absolute atomic E-state index is 12.0. The van der Waals surface area contributed by atoms with Gasteiger partial charge >= 0.3 is 6.03 Å². The molecule has 2 aliphatic rings. The maximum atomic E-state index is 12.0. The van der Waals surface area contributed by atoms with Crippen molar-refractivity contribution >= 4 is 6.03 Å². The SMILES string of the molecule is COCCC1(CNC(=O)N[C@H]2CCCC[C@H]2OC)CC1. The van der Waals surface area contributed by atoms with Gasteiger partial charge in [-0.05, 0) is 37.5 Å². The molecule has 20 heavy (non-hydrogen) atoms. The Balaban J connectivity index is 1.69. The summed E-state index contributed by atoms with van der Waals surface area (Å²) in [5, 5.41) is 6.10. The van der Waals surface area contributed by atoms with Crippen LogP contribution in [0, 0.1) is 5.41 Å². The van der Waals surface area contributed by atoms with E-state index >= 15 is 0 Å². The number of methoxy groups -OCH3 is 2. The second-order valence-electron chi connectivity index (χ2n) is 6.23. The molecule has 0 heterocycles. The van der Waals surface area contributed by atoms with E-state index < -0.39 is 0 Å². The van der Waals surface area contributed by atoms with Gasteiger partial charge in [-0.3, -0.25) is 0 Å². The Morgan fingerprint density at radius 3 is 2.65 bits per heavy atom. The topological polar surface area (TPSA) is 59.6 Å². The van der Waals surface area contributed by atoms with Crippen LogP contribution in [0.1, 0.15) is 44.9 Å². The molecule has 0 saturated heterocycles. The lowest BCUT2D eigenvalue weighted by Crippen LogP contribution is -2.50. The van der Waals surface area contributed by atoms with Crippen LogP contribution in [0.5, 0.6) is 0 Å². The van der Waals surface area contributed by atoms with Crippen LogP contribution in [0.25, 0.3) is 0 Å². The third-order valence-corrected chi connectivity index (χ3v) is 4.74. The molecule has 0 bridgehead atoms. The first kappa shape index (κ1) is 15.6. The maximum Gasteiger partial charge on any atom is 0.315 e. The van der Waals surface area contributed by atoms with Gasteiger partial charge in [-0.25, -0.2) is 4.79 Å². The van der Waals surface area contributed by atoms with Crippen LogP contribution in [0.15, 0.2) is 0 Å². The molecule has 0 spiro atoms. The molecule has 0 radical (unpaired) electrons. The summed E-state index contributed by atoms with van der Waals surface area (Å²) >= 11 is 0. The van der Waals surface area contributed by atoms with E-state index in [2.05, 4.69) is 10.6 Å². The standard InChI is InChI=1S/C15H28N2O3/c1-19-10-9-15(7-8-15)11-16-14(18)17-12-5-3-4-6-13(12)20-2/h12-13H,3-11H2,1-2H3,(H2,16,17,18)/t12-,13+/m0/s1. The highest BCUT2D eigenvalue weighted by molar-refractivity contribution is 5.74. The summed E-state index contributed by atoms with van der Waals surface area (Å²) < 4.78 is 10.6. The molecule has 0 unspecified atom stereocenters. The fraction of sp³-hybridized carbons (Fsp3) is 0.933. The average Bonchev–Trinajstić information content (AvgIpc) is 3.24. The number of hydrogen-bond donors (Lipinski definition) is 2. The molecule has 2 amide bonds. The number of carbonyl (C=O) groups is 1. The summed E-state index contributed by atoms with van der Waals surface area (Å²) in [5.74, 6) is 0. The summed E-state index contributed by atoms with van der Waals surface area (Å²) in [6.07, 6.45) is 8.01. The van der Waals surface area contributed by atoms with Crippen molar-refractivity contribution in [3.63, 3.8) is 0 Å². The second-order valence-corrected chi connectivity index (χ2v) is 6.23. The molecule has 2 atom stereocenters. The van der Waals surface area contributed by atoms with Gasteiger partial charge in [0.25, 0.3) is 0 Å². The normalized spacial score (nSPS) is 27.9. The van der Waals surface area contributed by atoms with Crippen molar-refractivity contribution in [2.45, 2.75) is 57.1 Å². The highest BCUT2D eigenvalue weighted by atomic mass is 16.5. The molecule has 0 aromatic heterocycles. The molecule has 2 fully saturated rings. The summed E-state index contributed by atoms with van der Waals surface area (Å²) in [5.41, 5.74) is 0.292. The van der Waals surface area contributed by atoms with Crippen LogP contribution in [0.3, 0.4) is 0 Å². The van der Waals surface area contributed by atoms with Gasteiger partial charge < -0.3 is 20.1 Å². The zero-order valence-electron chi connectivity index (χ0n) is 12.7. The van der Waals surface area contributed by atoms with E-state index in [1.165, 1.54) is 25.7 Å². The van der Waals surface area contributed by atoms with Crippen molar-refractivity contribution in [3.05, 3.63) is 0 Å². The second kappa shape index (κ2) is 7.27. The van der Waals surface area contributed by atoms with Gasteiger partial charge in [-0.15, -0.1) is 0 Å². The van der Waals surface area contributed by atoms with Crippen molar-refractivity contribution in [1.29, 1.82) is 0 Å². The molecule has 0 aromatic rings. The quantitative estimate of drug-likeness (QED) is 0.752. The van der Waals surface area contributed by atoms with E-state index in [1.54, 1.807) is 14.2 Å². The lowest BCUT2D eigenvalue weighted by atomic mass is 9.92. The van der Waals surface area contributed by atoms with E-state index in [1.807, 2.05) is 0 Å². The van der Waals surface area contributed by atoms with Crippen LogP contribution < -0.4 is 10.6 Å². The van der Waals surface area contributed by atoms with Crippen molar-refractivity contribution in [3.8, 4) is 0 Å². The summed E-state index contributed by atoms with van der Waals surface area (Å²) in [6, 6.07) is 0.102. The first-order valence-electron chi connectivity index (χ1n) is 7.75. The Bertz CT molecular complexity index is 318. The Hall–Kier alpha value is -0.810. The third kappa shape index (κ3) is 4.35. The van der Waals surface area contributed by atoms with Crippen molar-refractivity contribution in [2.24, 2.45) is 5.41 Å². The molecule has 2 N–H and O–H groups in total. The van der Waals surface area contributed by atoms with Gasteiger partial charge in [0.15, 0.2) is 0 Å². The number of carbonyl (C=O) groups excluding carboxylic acids is 1. The first-order valence-corrected chi connectivity index (χ1v) is 7.75. The summed E-state index contributed by atoms with van der Waals surface area (Å²) in [4.78, 5) is 12.0. The monoisotopic (exact) mass is 284 g/mol. The Kier molecular flexibility index (Phi) is 5.66. The van der Waals surface area contributed by atoms with E-state index in [0.717, 1.165) is 32.4 Å². The number of nitrogens with one attached hydrogen (secondary N) is 2. The number of urea groups is 1. The first-order chi connectivity index (χ1) is 9.69. The molecule has 2 aliphatic carbocycles. The van der Waals surface area contributed by atoms with Crippen molar-refractivity contribution in [1.82, 2.24) is 10.6 Å². The number of ether oxygens (including phenoxy) is 2. The molecule has 2 rings (SSSR count). The number of amides is 2. The van der Waals surface area contributed by atoms with Crippen LogP contribution in [-0.2, 0) is 9.47 Å². The summed E-state index contributed by atoms with van der Waals surface area (Å²) in [6.45, 7) is 1.53. The Morgan fingerprint density at radius 1 is 1.25 bits per heavy atom. The largest absolute Gasteiger partial charge is 0.385 e. The minimum absolute atomic E-state index is 0.0531. The predicted octanol–water partition coefficient (Wildman–Crippen LogP) is 2.06. The summed E-state index contributed by atoms with van der Waals surface area (Å²) in [7, 11) is 3.46. The average molecular weight is 284 g/mol. The number of rotatable bonds is 7. The van der Waals surface area contributed by atoms with Crippen LogP contribution in [0.4, 0.5) is 4.79 Å². The zero-order chi connectivity index (χ0) is 14.4. The Morgan fingerprint density at radius 2 is 2.00 bits per heavy atom. The zero-order valence-corrected chi connectivity index (χ0v) is 12.7. The lowest BCUT2D eigenvalue weighted by Gasteiger charge is -2.31. The molecule has 5 nitrogen and oxygen atoms in total. The highest BCUT2D eigenvalue weighted by Gasteiger charge is 2.42. The van der Waals surface area contributed by atoms with Crippen LogP contribution in [-0.4, -0.2) is 45.5 Å². The fourth-order valence-electron chi connectivity index (χ4n) is 3.04. The van der Waals surface area contributed by atoms with E-state index in [4.69, 9.17) is 9.47 Å². The van der Waals surface area contributed by atoms with Gasteiger partial charge in [0.2, 0.25) is 0 Å². The van der Waals surface area contributed by atoms with E-state index in [9.17, 15) is 4.79 Å². The molecule has 2 saturated carbocycles. The molecular weight excluding hydrogens is 256 g/mol. The van der Waals surface area contributed by atoms with Crippen molar-refractivity contribution in [2.75, 3.05) is 27.4 Å². The molecule has 116 valence electrons. The van der Waals surface area contributed by atoms with E-state index in [0.29, 0.717) is 5.41 Å². The minimum Gasteiger partial charge on any atom is -0.385 e. The van der Waals surface area contributed by atoms with Gasteiger partial charge in [0, 0.05) is 27.4 Å².